The van der Waals surface area contributed by atoms with Gasteiger partial charge in [-0.15, -0.1) is 17.9 Å². The largest absolute Gasteiger partial charge is 0.497 e. The summed E-state index contributed by atoms with van der Waals surface area (Å²) in [7, 11) is 3.52. The lowest BCUT2D eigenvalue weighted by Gasteiger charge is -2.33. The molecular formula is C26H32N6O3S. The lowest BCUT2D eigenvalue weighted by atomic mass is 10.2. The standard InChI is InChI=1S/C26H32N6O3S/c1-4-8-30-9-11-31(12-10-30)13-14-35-18-22-28-25-24(36-22)21-16-27-32(26(33)23(21)29(25)2)17-19-6-5-7-20(15-19)34-3/h4-7,15-16H,1,8-14,17-18H2,2-3H3. The molecule has 0 N–H and O–H groups in total. The Hall–Kier alpha value is -3.05. The van der Waals surface area contributed by atoms with Crippen LogP contribution in [0.3, 0.4) is 0 Å². The van der Waals surface area contributed by atoms with Gasteiger partial charge < -0.3 is 14.0 Å². The van der Waals surface area contributed by atoms with E-state index in [0.29, 0.717) is 25.3 Å². The van der Waals surface area contributed by atoms with Crippen molar-refractivity contribution in [2.24, 2.45) is 7.05 Å². The van der Waals surface area contributed by atoms with Crippen molar-refractivity contribution in [3.63, 3.8) is 0 Å². The number of fused-ring (bicyclic) bond motifs is 3. The molecule has 190 valence electrons. The number of methoxy groups -OCH3 is 1. The molecule has 5 rings (SSSR count). The minimum atomic E-state index is -0.131. The minimum absolute atomic E-state index is 0.131. The van der Waals surface area contributed by atoms with E-state index in [2.05, 4.69) is 21.5 Å². The summed E-state index contributed by atoms with van der Waals surface area (Å²) in [4.78, 5) is 22.9. The van der Waals surface area contributed by atoms with Crippen molar-refractivity contribution in [1.29, 1.82) is 0 Å². The molecule has 9 nitrogen and oxygen atoms in total. The molecule has 36 heavy (non-hydrogen) atoms. The van der Waals surface area contributed by atoms with Crippen molar-refractivity contribution in [1.82, 2.24) is 29.1 Å². The van der Waals surface area contributed by atoms with Gasteiger partial charge in [-0.3, -0.25) is 14.6 Å². The van der Waals surface area contributed by atoms with Gasteiger partial charge in [-0.25, -0.2) is 9.67 Å². The van der Waals surface area contributed by atoms with Crippen LogP contribution in [-0.4, -0.2) is 82.1 Å². The second-order valence-electron chi connectivity index (χ2n) is 9.02. The van der Waals surface area contributed by atoms with Gasteiger partial charge in [0.25, 0.3) is 5.56 Å². The van der Waals surface area contributed by atoms with Crippen molar-refractivity contribution in [3.8, 4) is 5.75 Å². The van der Waals surface area contributed by atoms with E-state index >= 15 is 0 Å². The minimum Gasteiger partial charge on any atom is -0.497 e. The zero-order valence-corrected chi connectivity index (χ0v) is 21.7. The molecule has 4 heterocycles. The van der Waals surface area contributed by atoms with Gasteiger partial charge >= 0.3 is 0 Å². The van der Waals surface area contributed by atoms with E-state index in [0.717, 1.165) is 71.3 Å². The number of aromatic nitrogens is 4. The average Bonchev–Trinajstić information content (AvgIpc) is 3.43. The Morgan fingerprint density at radius 3 is 2.78 bits per heavy atom. The molecule has 0 saturated carbocycles. The van der Waals surface area contributed by atoms with Gasteiger partial charge in [0, 0.05) is 51.7 Å². The molecule has 1 fully saturated rings. The van der Waals surface area contributed by atoms with Crippen LogP contribution >= 0.6 is 11.3 Å². The van der Waals surface area contributed by atoms with Crippen LogP contribution in [0.25, 0.3) is 21.3 Å². The molecule has 0 bridgehead atoms. The summed E-state index contributed by atoms with van der Waals surface area (Å²) < 4.78 is 15.6. The zero-order chi connectivity index (χ0) is 25.1. The van der Waals surface area contributed by atoms with E-state index in [1.165, 1.54) is 4.68 Å². The summed E-state index contributed by atoms with van der Waals surface area (Å²) in [6, 6.07) is 7.67. The third-order valence-electron chi connectivity index (χ3n) is 6.67. The van der Waals surface area contributed by atoms with E-state index in [1.54, 1.807) is 24.6 Å². The number of thiazole rings is 1. The predicted molar refractivity (Wildman–Crippen MR) is 143 cm³/mol. The number of hydrogen-bond acceptors (Lipinski definition) is 8. The molecule has 0 aliphatic carbocycles. The van der Waals surface area contributed by atoms with Gasteiger partial charge in [0.05, 0.1) is 37.8 Å². The quantitative estimate of drug-likeness (QED) is 0.241. The van der Waals surface area contributed by atoms with Crippen molar-refractivity contribution in [3.05, 3.63) is 64.0 Å². The van der Waals surface area contributed by atoms with Crippen LogP contribution in [0.15, 0.2) is 47.9 Å². The number of hydrogen-bond donors (Lipinski definition) is 0. The van der Waals surface area contributed by atoms with Gasteiger partial charge in [-0.05, 0) is 17.7 Å². The summed E-state index contributed by atoms with van der Waals surface area (Å²) in [6.45, 7) is 11.5. The number of aryl methyl sites for hydroxylation is 1. The van der Waals surface area contributed by atoms with Gasteiger partial charge in [-0.2, -0.15) is 5.10 Å². The van der Waals surface area contributed by atoms with Crippen LogP contribution in [0.4, 0.5) is 0 Å². The van der Waals surface area contributed by atoms with Crippen LogP contribution in [-0.2, 0) is 24.9 Å². The van der Waals surface area contributed by atoms with E-state index in [9.17, 15) is 4.79 Å². The van der Waals surface area contributed by atoms with E-state index < -0.39 is 0 Å². The summed E-state index contributed by atoms with van der Waals surface area (Å²) in [5, 5.41) is 6.20. The third kappa shape index (κ3) is 5.08. The summed E-state index contributed by atoms with van der Waals surface area (Å²) in [5.74, 6) is 0.756. The molecular weight excluding hydrogens is 476 g/mol. The van der Waals surface area contributed by atoms with E-state index in [-0.39, 0.29) is 5.56 Å². The SMILES string of the molecule is C=CCN1CCN(CCOCc2nc3c(s2)c2cnn(Cc4cccc(OC)c4)c(=O)c2n3C)CC1. The maximum Gasteiger partial charge on any atom is 0.291 e. The molecule has 0 unspecified atom stereocenters. The number of piperazine rings is 1. The van der Waals surface area contributed by atoms with Gasteiger partial charge in [0.2, 0.25) is 0 Å². The molecule has 1 aromatic carbocycles. The first kappa shape index (κ1) is 24.6. The van der Waals surface area contributed by atoms with Crippen LogP contribution < -0.4 is 10.3 Å². The van der Waals surface area contributed by atoms with Gasteiger partial charge in [0.1, 0.15) is 16.3 Å². The highest BCUT2D eigenvalue weighted by Gasteiger charge is 2.19. The molecule has 1 aliphatic heterocycles. The Kier molecular flexibility index (Phi) is 7.47. The summed E-state index contributed by atoms with van der Waals surface area (Å²) >= 11 is 1.57. The molecule has 3 aromatic heterocycles. The van der Waals surface area contributed by atoms with Crippen molar-refractivity contribution in [2.45, 2.75) is 13.2 Å². The highest BCUT2D eigenvalue weighted by Crippen LogP contribution is 2.31. The highest BCUT2D eigenvalue weighted by atomic mass is 32.1. The molecule has 0 radical (unpaired) electrons. The zero-order valence-electron chi connectivity index (χ0n) is 20.9. The lowest BCUT2D eigenvalue weighted by molar-refractivity contribution is 0.0710. The Balaban J connectivity index is 1.24. The second-order valence-corrected chi connectivity index (χ2v) is 10.1. The third-order valence-corrected chi connectivity index (χ3v) is 7.72. The Bertz CT molecular complexity index is 1420. The van der Waals surface area contributed by atoms with Gasteiger partial charge in [-0.1, -0.05) is 18.2 Å². The van der Waals surface area contributed by atoms with Crippen molar-refractivity contribution >= 4 is 32.6 Å². The van der Waals surface area contributed by atoms with Crippen molar-refractivity contribution in [2.75, 3.05) is 53.0 Å². The molecule has 4 aromatic rings. The fourth-order valence-electron chi connectivity index (χ4n) is 4.68. The summed E-state index contributed by atoms with van der Waals surface area (Å²) in [5.41, 5.74) is 2.24. The molecule has 0 amide bonds. The molecule has 1 aliphatic rings. The second kappa shape index (κ2) is 10.9. The van der Waals surface area contributed by atoms with Crippen LogP contribution in [0, 0.1) is 0 Å². The first-order valence-electron chi connectivity index (χ1n) is 12.2. The first-order valence-corrected chi connectivity index (χ1v) is 13.0. The maximum absolute atomic E-state index is 13.3. The predicted octanol–water partition coefficient (Wildman–Crippen LogP) is 2.72. The first-order chi connectivity index (χ1) is 17.6. The fourth-order valence-corrected chi connectivity index (χ4v) is 5.73. The van der Waals surface area contributed by atoms with Gasteiger partial charge in [0.15, 0.2) is 5.65 Å². The van der Waals surface area contributed by atoms with Crippen LogP contribution in [0.5, 0.6) is 5.75 Å². The fraction of sp³-hybridized carbons (Fsp3) is 0.423. The Morgan fingerprint density at radius 2 is 2.00 bits per heavy atom. The normalized spacial score (nSPS) is 15.2. The monoisotopic (exact) mass is 508 g/mol. The van der Waals surface area contributed by atoms with Crippen molar-refractivity contribution < 1.29 is 9.47 Å². The lowest BCUT2D eigenvalue weighted by Crippen LogP contribution is -2.47. The van der Waals surface area contributed by atoms with Crippen LogP contribution in [0.2, 0.25) is 0 Å². The number of ether oxygens (including phenoxy) is 2. The molecule has 10 heteroatoms. The van der Waals surface area contributed by atoms with Crippen LogP contribution in [0.1, 0.15) is 10.6 Å². The number of benzene rings is 1. The average molecular weight is 509 g/mol. The van der Waals surface area contributed by atoms with E-state index in [1.807, 2.05) is 42.0 Å². The maximum atomic E-state index is 13.3. The summed E-state index contributed by atoms with van der Waals surface area (Å²) in [6.07, 6.45) is 3.74. The molecule has 0 atom stereocenters. The number of nitrogens with zero attached hydrogens (tertiary/aromatic N) is 6. The smallest absolute Gasteiger partial charge is 0.291 e. The molecule has 1 saturated heterocycles. The highest BCUT2D eigenvalue weighted by molar-refractivity contribution is 7.19. The molecule has 0 spiro atoms. The number of rotatable bonds is 10. The van der Waals surface area contributed by atoms with E-state index in [4.69, 9.17) is 14.5 Å². The Labute approximate surface area is 214 Å². The Morgan fingerprint density at radius 1 is 1.19 bits per heavy atom. The topological polar surface area (TPSA) is 77.7 Å².